The lowest BCUT2D eigenvalue weighted by molar-refractivity contribution is -0.136. The van der Waals surface area contributed by atoms with Crippen LogP contribution in [-0.2, 0) is 17.8 Å². The van der Waals surface area contributed by atoms with Gasteiger partial charge >= 0.3 is 5.97 Å². The molecule has 2 rings (SSSR count). The summed E-state index contributed by atoms with van der Waals surface area (Å²) in [6.45, 7) is 0.668. The number of terminal acetylenes is 1. The van der Waals surface area contributed by atoms with E-state index >= 15 is 0 Å². The van der Waals surface area contributed by atoms with Crippen LogP contribution in [0.3, 0.4) is 0 Å². The van der Waals surface area contributed by atoms with Crippen molar-refractivity contribution in [2.45, 2.75) is 13.0 Å². The fourth-order valence-electron chi connectivity index (χ4n) is 1.87. The van der Waals surface area contributed by atoms with Crippen LogP contribution in [0.25, 0.3) is 0 Å². The third-order valence-corrected chi connectivity index (χ3v) is 2.90. The number of carboxylic acids is 1. The summed E-state index contributed by atoms with van der Waals surface area (Å²) in [5.74, 6) is 1.78. The number of carboxylic acid groups (broad SMARTS) is 1. The molecule has 2 aromatic carbocycles. The van der Waals surface area contributed by atoms with Crippen LogP contribution in [0.1, 0.15) is 16.7 Å². The van der Waals surface area contributed by atoms with Crippen LogP contribution in [0.15, 0.2) is 48.5 Å². The van der Waals surface area contributed by atoms with Crippen molar-refractivity contribution in [3.05, 3.63) is 65.2 Å². The molecule has 0 saturated carbocycles. The molecule has 0 aliphatic rings. The quantitative estimate of drug-likeness (QED) is 0.817. The maximum absolute atomic E-state index is 10.6. The van der Waals surface area contributed by atoms with Gasteiger partial charge in [0.05, 0.1) is 6.42 Å². The monoisotopic (exact) mass is 265 g/mol. The number of rotatable bonds is 5. The molecule has 0 aliphatic carbocycles. The largest absolute Gasteiger partial charge is 0.481 e. The first kappa shape index (κ1) is 13.7. The molecular weight excluding hydrogens is 250 g/mol. The Labute approximate surface area is 118 Å². The van der Waals surface area contributed by atoms with Crippen molar-refractivity contribution in [1.82, 2.24) is 0 Å². The minimum atomic E-state index is -0.818. The summed E-state index contributed by atoms with van der Waals surface area (Å²) in [7, 11) is 0. The molecule has 0 amide bonds. The SMILES string of the molecule is C#Cc1cccc(NCc2ccc(CC(=O)O)cc2)c1. The number of nitrogens with one attached hydrogen (secondary N) is 1. The zero-order valence-corrected chi connectivity index (χ0v) is 11.0. The molecule has 3 nitrogen and oxygen atoms in total. The number of aliphatic carboxylic acids is 1. The van der Waals surface area contributed by atoms with Gasteiger partial charge in [-0.3, -0.25) is 4.79 Å². The highest BCUT2D eigenvalue weighted by Crippen LogP contribution is 2.12. The molecule has 0 radical (unpaired) electrons. The first-order valence-electron chi connectivity index (χ1n) is 6.27. The van der Waals surface area contributed by atoms with E-state index in [0.717, 1.165) is 22.4 Å². The van der Waals surface area contributed by atoms with Crippen molar-refractivity contribution in [3.8, 4) is 12.3 Å². The van der Waals surface area contributed by atoms with Crippen molar-refractivity contribution < 1.29 is 9.90 Å². The van der Waals surface area contributed by atoms with Crippen molar-refractivity contribution in [1.29, 1.82) is 0 Å². The standard InChI is InChI=1S/C17H15NO2/c1-2-13-4-3-5-16(10-13)18-12-15-8-6-14(7-9-15)11-17(19)20/h1,3-10,18H,11-12H2,(H,19,20). The lowest BCUT2D eigenvalue weighted by Crippen LogP contribution is -2.02. The zero-order chi connectivity index (χ0) is 14.4. The summed E-state index contributed by atoms with van der Waals surface area (Å²) in [4.78, 5) is 10.6. The van der Waals surface area contributed by atoms with Gasteiger partial charge in [-0.1, -0.05) is 36.3 Å². The second kappa shape index (κ2) is 6.44. The number of hydrogen-bond donors (Lipinski definition) is 2. The highest BCUT2D eigenvalue weighted by Gasteiger charge is 2.00. The molecule has 100 valence electrons. The summed E-state index contributed by atoms with van der Waals surface area (Å²) in [6.07, 6.45) is 5.41. The van der Waals surface area contributed by atoms with Crippen LogP contribution in [0, 0.1) is 12.3 Å². The minimum absolute atomic E-state index is 0.0535. The fourth-order valence-corrected chi connectivity index (χ4v) is 1.87. The minimum Gasteiger partial charge on any atom is -0.481 e. The maximum atomic E-state index is 10.6. The first-order valence-corrected chi connectivity index (χ1v) is 6.27. The summed E-state index contributed by atoms with van der Waals surface area (Å²) in [5, 5.41) is 12.0. The topological polar surface area (TPSA) is 49.3 Å². The van der Waals surface area contributed by atoms with E-state index in [9.17, 15) is 4.79 Å². The van der Waals surface area contributed by atoms with E-state index < -0.39 is 5.97 Å². The normalized spacial score (nSPS) is 9.75. The molecule has 0 aliphatic heterocycles. The molecule has 0 saturated heterocycles. The van der Waals surface area contributed by atoms with Gasteiger partial charge in [-0.15, -0.1) is 6.42 Å². The highest BCUT2D eigenvalue weighted by atomic mass is 16.4. The van der Waals surface area contributed by atoms with Crippen molar-refractivity contribution >= 4 is 11.7 Å². The Hall–Kier alpha value is -2.73. The van der Waals surface area contributed by atoms with E-state index in [2.05, 4.69) is 11.2 Å². The Kier molecular flexibility index (Phi) is 4.41. The van der Waals surface area contributed by atoms with Crippen LogP contribution in [-0.4, -0.2) is 11.1 Å². The van der Waals surface area contributed by atoms with Gasteiger partial charge in [0.2, 0.25) is 0 Å². The van der Waals surface area contributed by atoms with E-state index in [1.165, 1.54) is 0 Å². The molecule has 2 N–H and O–H groups in total. The first-order chi connectivity index (χ1) is 9.67. The van der Waals surface area contributed by atoms with E-state index in [4.69, 9.17) is 11.5 Å². The number of anilines is 1. The number of carbonyl (C=O) groups is 1. The van der Waals surface area contributed by atoms with Gasteiger partial charge in [0.1, 0.15) is 0 Å². The Morgan fingerprint density at radius 1 is 1.15 bits per heavy atom. The zero-order valence-electron chi connectivity index (χ0n) is 11.0. The van der Waals surface area contributed by atoms with Crippen LogP contribution >= 0.6 is 0 Å². The van der Waals surface area contributed by atoms with Crippen LogP contribution in [0.5, 0.6) is 0 Å². The molecule has 0 fully saturated rings. The van der Waals surface area contributed by atoms with Gasteiger partial charge in [-0.2, -0.15) is 0 Å². The lowest BCUT2D eigenvalue weighted by atomic mass is 10.1. The number of benzene rings is 2. The van der Waals surface area contributed by atoms with Crippen LogP contribution in [0.4, 0.5) is 5.69 Å². The van der Waals surface area contributed by atoms with Gasteiger partial charge in [0.25, 0.3) is 0 Å². The molecule has 20 heavy (non-hydrogen) atoms. The van der Waals surface area contributed by atoms with Crippen LogP contribution < -0.4 is 5.32 Å². The maximum Gasteiger partial charge on any atom is 0.307 e. The molecule has 0 bridgehead atoms. The average molecular weight is 265 g/mol. The third kappa shape index (κ3) is 3.89. The van der Waals surface area contributed by atoms with Gasteiger partial charge in [-0.25, -0.2) is 0 Å². The summed E-state index contributed by atoms with van der Waals surface area (Å²) in [5.41, 5.74) is 3.70. The number of hydrogen-bond acceptors (Lipinski definition) is 2. The molecule has 0 heterocycles. The summed E-state index contributed by atoms with van der Waals surface area (Å²) >= 11 is 0. The van der Waals surface area contributed by atoms with Gasteiger partial charge < -0.3 is 10.4 Å². The van der Waals surface area contributed by atoms with E-state index in [1.807, 2.05) is 48.5 Å². The average Bonchev–Trinajstić information content (AvgIpc) is 2.46. The molecule has 0 atom stereocenters. The predicted molar refractivity (Wildman–Crippen MR) is 79.5 cm³/mol. The molecule has 0 unspecified atom stereocenters. The Balaban J connectivity index is 1.97. The van der Waals surface area contributed by atoms with Gasteiger partial charge in [0, 0.05) is 17.8 Å². The van der Waals surface area contributed by atoms with Crippen molar-refractivity contribution in [2.75, 3.05) is 5.32 Å². The van der Waals surface area contributed by atoms with Gasteiger partial charge in [-0.05, 0) is 29.3 Å². The Bertz CT molecular complexity index is 639. The third-order valence-electron chi connectivity index (χ3n) is 2.90. The molecule has 0 aromatic heterocycles. The molecule has 3 heteroatoms. The lowest BCUT2D eigenvalue weighted by Gasteiger charge is -2.07. The second-order valence-corrected chi connectivity index (χ2v) is 4.47. The molecule has 2 aromatic rings. The Morgan fingerprint density at radius 3 is 2.50 bits per heavy atom. The molecule has 0 spiro atoms. The van der Waals surface area contributed by atoms with E-state index in [0.29, 0.717) is 6.54 Å². The van der Waals surface area contributed by atoms with E-state index in [-0.39, 0.29) is 6.42 Å². The Morgan fingerprint density at radius 2 is 1.85 bits per heavy atom. The smallest absolute Gasteiger partial charge is 0.307 e. The van der Waals surface area contributed by atoms with Crippen molar-refractivity contribution in [3.63, 3.8) is 0 Å². The predicted octanol–water partition coefficient (Wildman–Crippen LogP) is 2.91. The van der Waals surface area contributed by atoms with Crippen molar-refractivity contribution in [2.24, 2.45) is 0 Å². The fraction of sp³-hybridized carbons (Fsp3) is 0.118. The second-order valence-electron chi connectivity index (χ2n) is 4.47. The van der Waals surface area contributed by atoms with E-state index in [1.54, 1.807) is 0 Å². The van der Waals surface area contributed by atoms with Gasteiger partial charge in [0.15, 0.2) is 0 Å². The highest BCUT2D eigenvalue weighted by molar-refractivity contribution is 5.70. The van der Waals surface area contributed by atoms with Crippen LogP contribution in [0.2, 0.25) is 0 Å². The molecular formula is C17H15NO2. The summed E-state index contributed by atoms with van der Waals surface area (Å²) < 4.78 is 0. The summed E-state index contributed by atoms with van der Waals surface area (Å²) in [6, 6.07) is 15.2.